The summed E-state index contributed by atoms with van der Waals surface area (Å²) in [5, 5.41) is 0. The number of likely N-dealkylation sites (N-methyl/N-ethyl adjacent to an activating group) is 2. The van der Waals surface area contributed by atoms with Crippen LogP contribution in [-0.4, -0.2) is 55.6 Å². The third-order valence-corrected chi connectivity index (χ3v) is 5.23. The highest BCUT2D eigenvalue weighted by Gasteiger charge is 2.37. The van der Waals surface area contributed by atoms with Crippen molar-refractivity contribution in [3.8, 4) is 0 Å². The molecule has 2 fully saturated rings. The predicted octanol–water partition coefficient (Wildman–Crippen LogP) is 1.14. The molecule has 2 rings (SSSR count). The lowest BCUT2D eigenvalue weighted by molar-refractivity contribution is 0.0502. The van der Waals surface area contributed by atoms with Gasteiger partial charge in [-0.25, -0.2) is 0 Å². The Kier molecular flexibility index (Phi) is 5.23. The number of rotatable bonds is 3. The van der Waals surface area contributed by atoms with Crippen molar-refractivity contribution in [3.63, 3.8) is 0 Å². The van der Waals surface area contributed by atoms with Gasteiger partial charge in [-0.2, -0.15) is 0 Å². The highest BCUT2D eigenvalue weighted by atomic mass is 15.3. The maximum atomic E-state index is 5.94. The zero-order valence-electron chi connectivity index (χ0n) is 13.1. The molecule has 1 aliphatic carbocycles. The first kappa shape index (κ1) is 15.2. The first-order valence-corrected chi connectivity index (χ1v) is 7.86. The zero-order chi connectivity index (χ0) is 14.0. The molecule has 0 radical (unpaired) electrons. The van der Waals surface area contributed by atoms with Crippen molar-refractivity contribution in [1.82, 2.24) is 15.2 Å². The van der Waals surface area contributed by atoms with Gasteiger partial charge in [-0.15, -0.1) is 0 Å². The second kappa shape index (κ2) is 6.53. The Labute approximate surface area is 118 Å². The standard InChI is InChI=1S/C15H32N4/c1-11-7-12(2)9-13(8-11)15(17-16)14-10-18(3)5-6-19(14)4/h11-15,17H,5-10,16H2,1-4H3. The van der Waals surface area contributed by atoms with E-state index in [-0.39, 0.29) is 0 Å². The van der Waals surface area contributed by atoms with Gasteiger partial charge in [0.25, 0.3) is 0 Å². The molecule has 1 saturated carbocycles. The average Bonchev–Trinajstić information content (AvgIpc) is 2.33. The van der Waals surface area contributed by atoms with E-state index >= 15 is 0 Å². The molecule has 4 atom stereocenters. The van der Waals surface area contributed by atoms with Crippen LogP contribution < -0.4 is 11.3 Å². The fourth-order valence-corrected chi connectivity index (χ4v) is 4.30. The maximum Gasteiger partial charge on any atom is 0.0406 e. The minimum absolute atomic E-state index is 0.429. The zero-order valence-corrected chi connectivity index (χ0v) is 13.1. The van der Waals surface area contributed by atoms with Crippen LogP contribution in [0.3, 0.4) is 0 Å². The Morgan fingerprint density at radius 3 is 2.26 bits per heavy atom. The van der Waals surface area contributed by atoms with E-state index in [0.29, 0.717) is 12.1 Å². The second-order valence-electron chi connectivity index (χ2n) is 7.18. The largest absolute Gasteiger partial charge is 0.303 e. The van der Waals surface area contributed by atoms with E-state index in [1.54, 1.807) is 0 Å². The minimum Gasteiger partial charge on any atom is -0.303 e. The summed E-state index contributed by atoms with van der Waals surface area (Å²) in [6.07, 6.45) is 4.04. The fraction of sp³-hybridized carbons (Fsp3) is 1.00. The molecule has 112 valence electrons. The molecule has 3 N–H and O–H groups in total. The first-order chi connectivity index (χ1) is 9.01. The van der Waals surface area contributed by atoms with E-state index in [1.807, 2.05) is 0 Å². The van der Waals surface area contributed by atoms with E-state index in [2.05, 4.69) is 43.2 Å². The number of hydrogen-bond donors (Lipinski definition) is 2. The van der Waals surface area contributed by atoms with Crippen LogP contribution >= 0.6 is 0 Å². The summed E-state index contributed by atoms with van der Waals surface area (Å²) in [5.41, 5.74) is 3.17. The summed E-state index contributed by atoms with van der Waals surface area (Å²) in [6, 6.07) is 0.976. The molecule has 4 heteroatoms. The van der Waals surface area contributed by atoms with Crippen molar-refractivity contribution in [2.24, 2.45) is 23.6 Å². The van der Waals surface area contributed by atoms with Crippen molar-refractivity contribution >= 4 is 0 Å². The summed E-state index contributed by atoms with van der Waals surface area (Å²) >= 11 is 0. The Hall–Kier alpha value is -0.160. The Morgan fingerprint density at radius 1 is 1.05 bits per heavy atom. The van der Waals surface area contributed by atoms with Gasteiger partial charge in [-0.1, -0.05) is 13.8 Å². The monoisotopic (exact) mass is 268 g/mol. The molecule has 1 heterocycles. The minimum atomic E-state index is 0.429. The van der Waals surface area contributed by atoms with Crippen molar-refractivity contribution in [1.29, 1.82) is 0 Å². The molecule has 0 aromatic carbocycles. The summed E-state index contributed by atoms with van der Waals surface area (Å²) in [7, 11) is 4.47. The molecule has 0 aromatic rings. The number of nitrogens with two attached hydrogens (primary N) is 1. The molecule has 1 aliphatic heterocycles. The Morgan fingerprint density at radius 2 is 1.68 bits per heavy atom. The average molecular weight is 268 g/mol. The van der Waals surface area contributed by atoms with Crippen molar-refractivity contribution in [3.05, 3.63) is 0 Å². The summed E-state index contributed by atoms with van der Waals surface area (Å²) in [6.45, 7) is 8.24. The Bertz CT molecular complexity index is 273. The number of hydrazine groups is 1. The molecule has 19 heavy (non-hydrogen) atoms. The van der Waals surface area contributed by atoms with Crippen LogP contribution in [0.15, 0.2) is 0 Å². The van der Waals surface area contributed by atoms with Gasteiger partial charge in [-0.3, -0.25) is 16.2 Å². The topological polar surface area (TPSA) is 44.5 Å². The van der Waals surface area contributed by atoms with Gasteiger partial charge >= 0.3 is 0 Å². The van der Waals surface area contributed by atoms with Crippen LogP contribution in [0.1, 0.15) is 33.1 Å². The molecule has 4 unspecified atom stereocenters. The lowest BCUT2D eigenvalue weighted by Crippen LogP contribution is -2.62. The molecular formula is C15H32N4. The number of hydrogen-bond acceptors (Lipinski definition) is 4. The second-order valence-corrected chi connectivity index (χ2v) is 7.18. The molecule has 4 nitrogen and oxygen atoms in total. The lowest BCUT2D eigenvalue weighted by atomic mass is 9.72. The predicted molar refractivity (Wildman–Crippen MR) is 80.7 cm³/mol. The SMILES string of the molecule is CC1CC(C)CC(C(NN)C2CN(C)CCN2C)C1. The van der Waals surface area contributed by atoms with E-state index < -0.39 is 0 Å². The van der Waals surface area contributed by atoms with Gasteiger partial charge in [0.05, 0.1) is 0 Å². The van der Waals surface area contributed by atoms with Gasteiger partial charge in [0.2, 0.25) is 0 Å². The molecule has 0 aromatic heterocycles. The number of nitrogens with zero attached hydrogens (tertiary/aromatic N) is 2. The molecule has 2 aliphatic rings. The lowest BCUT2D eigenvalue weighted by Gasteiger charge is -2.46. The summed E-state index contributed by atoms with van der Waals surface area (Å²) in [5.74, 6) is 8.35. The van der Waals surface area contributed by atoms with Gasteiger partial charge < -0.3 is 4.90 Å². The molecular weight excluding hydrogens is 236 g/mol. The molecule has 1 saturated heterocycles. The van der Waals surface area contributed by atoms with Crippen LogP contribution in [0.25, 0.3) is 0 Å². The highest BCUT2D eigenvalue weighted by molar-refractivity contribution is 4.94. The first-order valence-electron chi connectivity index (χ1n) is 7.86. The van der Waals surface area contributed by atoms with Crippen molar-refractivity contribution < 1.29 is 0 Å². The molecule has 0 bridgehead atoms. The highest BCUT2D eigenvalue weighted by Crippen LogP contribution is 2.36. The van der Waals surface area contributed by atoms with Crippen molar-refractivity contribution in [2.75, 3.05) is 33.7 Å². The summed E-state index contributed by atoms with van der Waals surface area (Å²) < 4.78 is 0. The van der Waals surface area contributed by atoms with Gasteiger partial charge in [-0.05, 0) is 51.1 Å². The van der Waals surface area contributed by atoms with Crippen LogP contribution in [0.5, 0.6) is 0 Å². The number of piperazine rings is 1. The van der Waals surface area contributed by atoms with Gasteiger partial charge in [0.1, 0.15) is 0 Å². The van der Waals surface area contributed by atoms with Crippen molar-refractivity contribution in [2.45, 2.75) is 45.2 Å². The van der Waals surface area contributed by atoms with Gasteiger partial charge in [0.15, 0.2) is 0 Å². The smallest absolute Gasteiger partial charge is 0.0406 e. The van der Waals surface area contributed by atoms with E-state index in [1.165, 1.54) is 25.8 Å². The molecule has 0 amide bonds. The fourth-order valence-electron chi connectivity index (χ4n) is 4.30. The van der Waals surface area contributed by atoms with Crippen LogP contribution in [0, 0.1) is 17.8 Å². The van der Waals surface area contributed by atoms with E-state index in [9.17, 15) is 0 Å². The van der Waals surface area contributed by atoms with Crippen LogP contribution in [-0.2, 0) is 0 Å². The summed E-state index contributed by atoms with van der Waals surface area (Å²) in [4.78, 5) is 4.93. The van der Waals surface area contributed by atoms with Crippen LogP contribution in [0.4, 0.5) is 0 Å². The van der Waals surface area contributed by atoms with Crippen LogP contribution in [0.2, 0.25) is 0 Å². The quantitative estimate of drug-likeness (QED) is 0.595. The molecule has 0 spiro atoms. The third-order valence-electron chi connectivity index (χ3n) is 5.23. The number of nitrogens with one attached hydrogen (secondary N) is 1. The maximum absolute atomic E-state index is 5.94. The van der Waals surface area contributed by atoms with Gasteiger partial charge in [0, 0.05) is 31.7 Å². The van der Waals surface area contributed by atoms with E-state index in [4.69, 9.17) is 5.84 Å². The normalized spacial score (nSPS) is 40.3. The third kappa shape index (κ3) is 3.69. The Balaban J connectivity index is 2.05. The van der Waals surface area contributed by atoms with E-state index in [0.717, 1.165) is 30.8 Å².